The number of carbonyl (C=O) groups excluding carboxylic acids is 1. The van der Waals surface area contributed by atoms with Gasteiger partial charge in [0.25, 0.3) is 0 Å². The normalized spacial score (nSPS) is 15.9. The average Bonchev–Trinajstić information content (AvgIpc) is 2.00. The number of nitrogens with two attached hydrogens (primary N) is 1. The van der Waals surface area contributed by atoms with Crippen molar-refractivity contribution < 1.29 is 9.90 Å². The maximum absolute atomic E-state index is 11.7. The van der Waals surface area contributed by atoms with Crippen molar-refractivity contribution >= 4 is 5.91 Å². The Morgan fingerprint density at radius 1 is 1.47 bits per heavy atom. The van der Waals surface area contributed by atoms with Crippen LogP contribution in [-0.2, 0) is 4.79 Å². The van der Waals surface area contributed by atoms with Crippen LogP contribution in [-0.4, -0.2) is 41.7 Å². The molecule has 0 aliphatic heterocycles. The molecule has 2 atom stereocenters. The molecule has 0 saturated carbocycles. The molecule has 0 spiro atoms. The monoisotopic (exact) mass is 216 g/mol. The van der Waals surface area contributed by atoms with E-state index < -0.39 is 6.10 Å². The van der Waals surface area contributed by atoms with Gasteiger partial charge in [0.15, 0.2) is 0 Å². The van der Waals surface area contributed by atoms with Gasteiger partial charge in [0.05, 0.1) is 6.10 Å². The van der Waals surface area contributed by atoms with Crippen molar-refractivity contribution in [2.45, 2.75) is 46.3 Å². The van der Waals surface area contributed by atoms with Gasteiger partial charge in [0.1, 0.15) is 0 Å². The molecule has 0 aromatic carbocycles. The summed E-state index contributed by atoms with van der Waals surface area (Å²) in [5, 5.41) is 9.14. The van der Waals surface area contributed by atoms with Gasteiger partial charge < -0.3 is 15.7 Å². The first-order valence-electron chi connectivity index (χ1n) is 5.32. The minimum atomic E-state index is -0.496. The first-order chi connectivity index (χ1) is 6.64. The lowest BCUT2D eigenvalue weighted by atomic mass is 9.85. The third-order valence-corrected chi connectivity index (χ3v) is 2.47. The number of hydrogen-bond donors (Lipinski definition) is 2. The Hall–Kier alpha value is -0.610. The van der Waals surface area contributed by atoms with Gasteiger partial charge >= 0.3 is 0 Å². The fraction of sp³-hybridized carbons (Fsp3) is 0.909. The number of nitrogens with zero attached hydrogens (tertiary/aromatic N) is 1. The van der Waals surface area contributed by atoms with E-state index in [0.717, 1.165) is 0 Å². The second kappa shape index (κ2) is 5.47. The quantitative estimate of drug-likeness (QED) is 0.722. The summed E-state index contributed by atoms with van der Waals surface area (Å²) in [6.45, 7) is 8.06. The Labute approximate surface area is 92.4 Å². The van der Waals surface area contributed by atoms with Crippen LogP contribution in [0.4, 0.5) is 0 Å². The predicted octanol–water partition coefficient (Wildman–Crippen LogP) is 0.589. The Morgan fingerprint density at radius 3 is 2.27 bits per heavy atom. The van der Waals surface area contributed by atoms with E-state index in [9.17, 15) is 4.79 Å². The highest BCUT2D eigenvalue weighted by Crippen LogP contribution is 2.20. The summed E-state index contributed by atoms with van der Waals surface area (Å²) in [6, 6.07) is -0.151. The van der Waals surface area contributed by atoms with Crippen LogP contribution in [0.2, 0.25) is 0 Å². The Bertz CT molecular complexity index is 209. The van der Waals surface area contributed by atoms with E-state index in [-0.39, 0.29) is 17.4 Å². The number of carbonyl (C=O) groups is 1. The van der Waals surface area contributed by atoms with Gasteiger partial charge in [-0.2, -0.15) is 0 Å². The molecule has 0 rings (SSSR count). The van der Waals surface area contributed by atoms with Crippen LogP contribution >= 0.6 is 0 Å². The number of hydrogen-bond acceptors (Lipinski definition) is 3. The van der Waals surface area contributed by atoms with Crippen LogP contribution in [0.1, 0.15) is 34.1 Å². The van der Waals surface area contributed by atoms with Crippen molar-refractivity contribution in [3.63, 3.8) is 0 Å². The van der Waals surface area contributed by atoms with Crippen molar-refractivity contribution in [3.8, 4) is 0 Å². The van der Waals surface area contributed by atoms with Crippen molar-refractivity contribution in [1.82, 2.24) is 4.90 Å². The molecule has 0 aliphatic rings. The van der Waals surface area contributed by atoms with E-state index in [1.54, 1.807) is 14.0 Å². The molecular formula is C11H24N2O2. The summed E-state index contributed by atoms with van der Waals surface area (Å²) in [7, 11) is 1.68. The smallest absolute Gasteiger partial charge is 0.223 e. The molecule has 4 nitrogen and oxygen atoms in total. The summed E-state index contributed by atoms with van der Waals surface area (Å²) >= 11 is 0. The number of likely N-dealkylation sites (N-methyl/N-ethyl adjacent to an activating group) is 1. The Morgan fingerprint density at radius 2 is 1.93 bits per heavy atom. The first kappa shape index (κ1) is 14.4. The molecule has 0 aromatic heterocycles. The maximum Gasteiger partial charge on any atom is 0.223 e. The van der Waals surface area contributed by atoms with Gasteiger partial charge in [-0.15, -0.1) is 0 Å². The fourth-order valence-electron chi connectivity index (χ4n) is 1.15. The summed E-state index contributed by atoms with van der Waals surface area (Å²) in [6.07, 6.45) is -0.169. The molecular weight excluding hydrogens is 192 g/mol. The van der Waals surface area contributed by atoms with E-state index in [2.05, 4.69) is 0 Å². The second-order valence-corrected chi connectivity index (χ2v) is 5.30. The molecule has 0 saturated heterocycles. The molecule has 0 heterocycles. The lowest BCUT2D eigenvalue weighted by molar-refractivity contribution is -0.131. The lowest BCUT2D eigenvalue weighted by Crippen LogP contribution is -2.42. The molecule has 90 valence electrons. The van der Waals surface area contributed by atoms with Crippen LogP contribution in [0.25, 0.3) is 0 Å². The van der Waals surface area contributed by atoms with E-state index in [0.29, 0.717) is 13.0 Å². The van der Waals surface area contributed by atoms with Crippen molar-refractivity contribution in [3.05, 3.63) is 0 Å². The Kier molecular flexibility index (Phi) is 5.24. The third-order valence-electron chi connectivity index (χ3n) is 2.47. The molecule has 3 N–H and O–H groups in total. The topological polar surface area (TPSA) is 66.6 Å². The van der Waals surface area contributed by atoms with Gasteiger partial charge in [-0.05, 0) is 12.3 Å². The lowest BCUT2D eigenvalue weighted by Gasteiger charge is -2.28. The average molecular weight is 216 g/mol. The molecule has 0 fully saturated rings. The minimum Gasteiger partial charge on any atom is -0.392 e. The fourth-order valence-corrected chi connectivity index (χ4v) is 1.15. The molecule has 0 bridgehead atoms. The minimum absolute atomic E-state index is 0.0154. The van der Waals surface area contributed by atoms with E-state index >= 15 is 0 Å². The van der Waals surface area contributed by atoms with E-state index in [1.807, 2.05) is 20.8 Å². The second-order valence-electron chi connectivity index (χ2n) is 5.30. The maximum atomic E-state index is 11.7. The molecule has 0 aromatic rings. The summed E-state index contributed by atoms with van der Waals surface area (Å²) in [5.41, 5.74) is 5.84. The van der Waals surface area contributed by atoms with Crippen molar-refractivity contribution in [2.24, 2.45) is 11.1 Å². The molecule has 0 radical (unpaired) electrons. The van der Waals surface area contributed by atoms with Gasteiger partial charge in [-0.1, -0.05) is 20.8 Å². The zero-order chi connectivity index (χ0) is 12.2. The summed E-state index contributed by atoms with van der Waals surface area (Å²) in [5.74, 6) is -0.0154. The van der Waals surface area contributed by atoms with Crippen LogP contribution in [0.3, 0.4) is 0 Å². The van der Waals surface area contributed by atoms with E-state index in [1.165, 1.54) is 4.90 Å². The largest absolute Gasteiger partial charge is 0.392 e. The number of amides is 1. The molecule has 0 aliphatic carbocycles. The van der Waals surface area contributed by atoms with Crippen LogP contribution in [0.5, 0.6) is 0 Å². The van der Waals surface area contributed by atoms with Crippen LogP contribution < -0.4 is 5.73 Å². The molecule has 1 amide bonds. The Balaban J connectivity index is 4.14. The highest BCUT2D eigenvalue weighted by Gasteiger charge is 2.24. The zero-order valence-electron chi connectivity index (χ0n) is 10.4. The highest BCUT2D eigenvalue weighted by molar-refractivity contribution is 5.76. The van der Waals surface area contributed by atoms with Crippen molar-refractivity contribution in [2.75, 3.05) is 13.6 Å². The zero-order valence-corrected chi connectivity index (χ0v) is 10.4. The number of aliphatic hydroxyl groups is 1. The summed E-state index contributed by atoms with van der Waals surface area (Å²) in [4.78, 5) is 13.2. The summed E-state index contributed by atoms with van der Waals surface area (Å²) < 4.78 is 0. The highest BCUT2D eigenvalue weighted by atomic mass is 16.3. The molecule has 4 heteroatoms. The van der Waals surface area contributed by atoms with Crippen LogP contribution in [0, 0.1) is 5.41 Å². The van der Waals surface area contributed by atoms with Gasteiger partial charge in [-0.25, -0.2) is 0 Å². The van der Waals surface area contributed by atoms with Crippen LogP contribution in [0.15, 0.2) is 0 Å². The number of aliphatic hydroxyl groups excluding tert-OH is 1. The predicted molar refractivity (Wildman–Crippen MR) is 61.4 cm³/mol. The van der Waals surface area contributed by atoms with E-state index in [4.69, 9.17) is 10.8 Å². The number of rotatable bonds is 4. The van der Waals surface area contributed by atoms with Gasteiger partial charge in [0, 0.05) is 26.1 Å². The molecule has 15 heavy (non-hydrogen) atoms. The first-order valence-corrected chi connectivity index (χ1v) is 5.32. The van der Waals surface area contributed by atoms with Gasteiger partial charge in [0.2, 0.25) is 5.91 Å². The van der Waals surface area contributed by atoms with Crippen molar-refractivity contribution in [1.29, 1.82) is 0 Å². The third kappa shape index (κ3) is 5.74. The molecule has 2 unspecified atom stereocenters. The SMILES string of the molecule is CC(O)CN(C)C(=O)CC(N)C(C)(C)C. The standard InChI is InChI=1S/C11H24N2O2/c1-8(14)7-13(5)10(15)6-9(12)11(2,3)4/h8-9,14H,6-7,12H2,1-5H3. The van der Waals surface area contributed by atoms with Gasteiger partial charge in [-0.3, -0.25) is 4.79 Å².